The largest absolute Gasteiger partial charge is 0.508 e. The van der Waals surface area contributed by atoms with Crippen molar-refractivity contribution < 1.29 is 19.1 Å². The minimum absolute atomic E-state index is 0.133. The van der Waals surface area contributed by atoms with Gasteiger partial charge >= 0.3 is 0 Å². The van der Waals surface area contributed by atoms with Gasteiger partial charge in [0.15, 0.2) is 0 Å². The van der Waals surface area contributed by atoms with Gasteiger partial charge in [0, 0.05) is 17.2 Å². The molecule has 0 saturated heterocycles. The molecule has 0 aromatic heterocycles. The fraction of sp³-hybridized carbons (Fsp3) is 0.333. The van der Waals surface area contributed by atoms with Crippen molar-refractivity contribution in [1.82, 2.24) is 0 Å². The van der Waals surface area contributed by atoms with E-state index in [1.807, 2.05) is 0 Å². The molecule has 2 amide bonds. The molecule has 0 saturated carbocycles. The highest BCUT2D eigenvalue weighted by atomic mass is 19.1. The molecule has 1 N–H and O–H groups in total. The van der Waals surface area contributed by atoms with E-state index < -0.39 is 17.6 Å². The van der Waals surface area contributed by atoms with Crippen molar-refractivity contribution in [2.75, 3.05) is 4.90 Å². The van der Waals surface area contributed by atoms with Gasteiger partial charge in [-0.3, -0.25) is 9.59 Å². The van der Waals surface area contributed by atoms with E-state index in [0.717, 1.165) is 29.9 Å². The quantitative estimate of drug-likeness (QED) is 0.801. The van der Waals surface area contributed by atoms with Crippen LogP contribution in [0, 0.1) is 12.7 Å². The number of hydrogen-bond donors (Lipinski definition) is 1. The third-order valence-electron chi connectivity index (χ3n) is 3.90. The molecule has 1 aliphatic heterocycles. The summed E-state index contributed by atoms with van der Waals surface area (Å²) in [6.45, 7) is 1.55. The highest BCUT2D eigenvalue weighted by molar-refractivity contribution is 6.33. The molecule has 1 heterocycles. The summed E-state index contributed by atoms with van der Waals surface area (Å²) in [4.78, 5) is 25.4. The van der Waals surface area contributed by atoms with Crippen LogP contribution in [0.25, 0.3) is 0 Å². The van der Waals surface area contributed by atoms with E-state index in [2.05, 4.69) is 0 Å². The summed E-state index contributed by atoms with van der Waals surface area (Å²) in [6, 6.07) is 2.27. The number of carbonyl (C=O) groups is 2. The lowest BCUT2D eigenvalue weighted by Crippen LogP contribution is -2.32. The van der Waals surface area contributed by atoms with E-state index >= 15 is 0 Å². The summed E-state index contributed by atoms with van der Waals surface area (Å²) in [6.07, 6.45) is 2.87. The van der Waals surface area contributed by atoms with Gasteiger partial charge in [0.1, 0.15) is 11.6 Å². The van der Waals surface area contributed by atoms with Crippen LogP contribution in [0.1, 0.15) is 31.2 Å². The second-order valence-electron chi connectivity index (χ2n) is 5.20. The Morgan fingerprint density at radius 3 is 2.20 bits per heavy atom. The smallest absolute Gasteiger partial charge is 0.261 e. The van der Waals surface area contributed by atoms with Gasteiger partial charge in [-0.15, -0.1) is 0 Å². The summed E-state index contributed by atoms with van der Waals surface area (Å²) in [5, 5.41) is 9.69. The maximum Gasteiger partial charge on any atom is 0.261 e. The van der Waals surface area contributed by atoms with Crippen molar-refractivity contribution in [1.29, 1.82) is 0 Å². The van der Waals surface area contributed by atoms with Gasteiger partial charge in [-0.05, 0) is 44.2 Å². The highest BCUT2D eigenvalue weighted by Crippen LogP contribution is 2.38. The Bertz CT molecular complexity index is 635. The molecule has 104 valence electrons. The first-order valence-corrected chi connectivity index (χ1v) is 6.60. The molecule has 1 aliphatic carbocycles. The van der Waals surface area contributed by atoms with Gasteiger partial charge in [-0.2, -0.15) is 0 Å². The Morgan fingerprint density at radius 2 is 1.65 bits per heavy atom. The molecule has 1 aromatic rings. The Balaban J connectivity index is 2.07. The van der Waals surface area contributed by atoms with Crippen LogP contribution in [0.3, 0.4) is 0 Å². The van der Waals surface area contributed by atoms with Gasteiger partial charge in [-0.1, -0.05) is 0 Å². The number of hydrogen-bond acceptors (Lipinski definition) is 3. The van der Waals surface area contributed by atoms with Gasteiger partial charge in [0.2, 0.25) is 0 Å². The van der Waals surface area contributed by atoms with Crippen LogP contribution in [0.5, 0.6) is 5.75 Å². The Morgan fingerprint density at radius 1 is 1.10 bits per heavy atom. The monoisotopic (exact) mass is 275 g/mol. The molecular formula is C15H14FNO3. The number of phenols is 1. The van der Waals surface area contributed by atoms with E-state index in [1.54, 1.807) is 6.92 Å². The number of nitrogens with zero attached hydrogens (tertiary/aromatic N) is 1. The maximum absolute atomic E-state index is 14.0. The number of anilines is 1. The molecular weight excluding hydrogens is 261 g/mol. The van der Waals surface area contributed by atoms with Gasteiger partial charge in [0.05, 0.1) is 5.69 Å². The van der Waals surface area contributed by atoms with Crippen LogP contribution < -0.4 is 4.90 Å². The first-order chi connectivity index (χ1) is 9.50. The van der Waals surface area contributed by atoms with Crippen molar-refractivity contribution in [3.05, 3.63) is 34.7 Å². The average molecular weight is 275 g/mol. The Labute approximate surface area is 115 Å². The topological polar surface area (TPSA) is 57.6 Å². The van der Waals surface area contributed by atoms with Crippen molar-refractivity contribution in [2.45, 2.75) is 32.6 Å². The molecule has 4 nitrogen and oxygen atoms in total. The van der Waals surface area contributed by atoms with Crippen molar-refractivity contribution >= 4 is 17.5 Å². The number of benzene rings is 1. The number of aromatic hydroxyl groups is 1. The minimum atomic E-state index is -0.679. The number of imide groups is 1. The summed E-state index contributed by atoms with van der Waals surface area (Å²) in [5.74, 6) is -1.72. The summed E-state index contributed by atoms with van der Waals surface area (Å²) >= 11 is 0. The SMILES string of the molecule is Cc1cc(F)c(N2C(=O)C3=C(CCCC3)C2=O)cc1O. The number of carbonyl (C=O) groups excluding carboxylic acids is 2. The third kappa shape index (κ3) is 1.73. The van der Waals surface area contributed by atoms with Gasteiger partial charge in [0.25, 0.3) is 11.8 Å². The number of phenolic OH excluding ortho intramolecular Hbond substituents is 1. The highest BCUT2D eigenvalue weighted by Gasteiger charge is 2.40. The number of halogens is 1. The predicted octanol–water partition coefficient (Wildman–Crippen LogP) is 2.58. The molecule has 0 bridgehead atoms. The second kappa shape index (κ2) is 4.44. The van der Waals surface area contributed by atoms with Crippen LogP contribution in [-0.4, -0.2) is 16.9 Å². The molecule has 0 fully saturated rings. The zero-order chi connectivity index (χ0) is 14.4. The molecule has 2 aliphatic rings. The predicted molar refractivity (Wildman–Crippen MR) is 70.8 cm³/mol. The fourth-order valence-electron chi connectivity index (χ4n) is 2.78. The van der Waals surface area contributed by atoms with Crippen molar-refractivity contribution in [3.8, 4) is 5.75 Å². The van der Waals surface area contributed by atoms with E-state index in [-0.39, 0.29) is 11.4 Å². The Kier molecular flexibility index (Phi) is 2.85. The Hall–Kier alpha value is -2.17. The van der Waals surface area contributed by atoms with Crippen LogP contribution in [-0.2, 0) is 9.59 Å². The molecule has 3 rings (SSSR count). The maximum atomic E-state index is 14.0. The molecule has 20 heavy (non-hydrogen) atoms. The van der Waals surface area contributed by atoms with E-state index in [0.29, 0.717) is 29.6 Å². The van der Waals surface area contributed by atoms with Crippen LogP contribution in [0.2, 0.25) is 0 Å². The molecule has 1 aromatic carbocycles. The molecule has 0 atom stereocenters. The summed E-state index contributed by atoms with van der Waals surface area (Å²) < 4.78 is 14.0. The third-order valence-corrected chi connectivity index (χ3v) is 3.90. The zero-order valence-electron chi connectivity index (χ0n) is 11.1. The number of aryl methyl sites for hydroxylation is 1. The standard InChI is InChI=1S/C15H14FNO3/c1-8-6-11(16)12(7-13(8)18)17-14(19)9-4-2-3-5-10(9)15(17)20/h6-7,18H,2-5H2,1H3. The number of amides is 2. The van der Waals surface area contributed by atoms with E-state index in [9.17, 15) is 19.1 Å². The van der Waals surface area contributed by atoms with Crippen LogP contribution in [0.15, 0.2) is 23.3 Å². The average Bonchev–Trinajstić information content (AvgIpc) is 2.68. The molecule has 0 spiro atoms. The van der Waals surface area contributed by atoms with E-state index in [4.69, 9.17) is 0 Å². The summed E-state index contributed by atoms with van der Waals surface area (Å²) in [7, 11) is 0. The first-order valence-electron chi connectivity index (χ1n) is 6.60. The van der Waals surface area contributed by atoms with E-state index in [1.165, 1.54) is 0 Å². The van der Waals surface area contributed by atoms with Crippen molar-refractivity contribution in [3.63, 3.8) is 0 Å². The lowest BCUT2D eigenvalue weighted by atomic mass is 9.93. The second-order valence-corrected chi connectivity index (χ2v) is 5.20. The fourth-order valence-corrected chi connectivity index (χ4v) is 2.78. The minimum Gasteiger partial charge on any atom is -0.508 e. The van der Waals surface area contributed by atoms with Crippen LogP contribution in [0.4, 0.5) is 10.1 Å². The number of rotatable bonds is 1. The summed E-state index contributed by atoms with van der Waals surface area (Å²) in [5.41, 5.74) is 1.20. The molecule has 0 unspecified atom stereocenters. The first kappa shape index (κ1) is 12.8. The zero-order valence-corrected chi connectivity index (χ0v) is 11.1. The van der Waals surface area contributed by atoms with Crippen molar-refractivity contribution in [2.24, 2.45) is 0 Å². The van der Waals surface area contributed by atoms with Crippen LogP contribution >= 0.6 is 0 Å². The lowest BCUT2D eigenvalue weighted by molar-refractivity contribution is -0.120. The van der Waals surface area contributed by atoms with Gasteiger partial charge in [-0.25, -0.2) is 9.29 Å². The normalized spacial score (nSPS) is 18.8. The van der Waals surface area contributed by atoms with Gasteiger partial charge < -0.3 is 5.11 Å². The lowest BCUT2D eigenvalue weighted by Gasteiger charge is -2.16. The molecule has 0 radical (unpaired) electrons. The molecule has 5 heteroatoms.